The summed E-state index contributed by atoms with van der Waals surface area (Å²) >= 11 is 0. The van der Waals surface area contributed by atoms with Crippen LogP contribution in [0.3, 0.4) is 0 Å². The lowest BCUT2D eigenvalue weighted by Gasteiger charge is -2.50. The van der Waals surface area contributed by atoms with Gasteiger partial charge in [-0.1, -0.05) is 48.5 Å². The van der Waals surface area contributed by atoms with Gasteiger partial charge in [-0.3, -0.25) is 0 Å². The van der Waals surface area contributed by atoms with E-state index in [2.05, 4.69) is 69.7 Å². The Balaban J connectivity index is 0.00000180. The molecule has 0 saturated carbocycles. The van der Waals surface area contributed by atoms with Crippen molar-refractivity contribution >= 4 is 0 Å². The summed E-state index contributed by atoms with van der Waals surface area (Å²) in [5.41, 5.74) is 6.44. The summed E-state index contributed by atoms with van der Waals surface area (Å²) in [6.07, 6.45) is 1.34. The van der Waals surface area contributed by atoms with E-state index in [4.69, 9.17) is 0 Å². The molecule has 0 amide bonds. The second-order valence-electron chi connectivity index (χ2n) is 9.92. The fourth-order valence-electron chi connectivity index (χ4n) is 5.94. The third-order valence-corrected chi connectivity index (χ3v) is 7.59. The maximum atomic E-state index is 2.51. The molecule has 0 spiro atoms. The fourth-order valence-corrected chi connectivity index (χ4v) is 5.94. The first-order chi connectivity index (χ1) is 12.5. The van der Waals surface area contributed by atoms with Crippen LogP contribution in [0.2, 0.25) is 0 Å². The summed E-state index contributed by atoms with van der Waals surface area (Å²) < 4.78 is 2.45. The van der Waals surface area contributed by atoms with Crippen molar-refractivity contribution in [2.75, 3.05) is 53.9 Å². The maximum absolute atomic E-state index is 2.51. The Kier molecular flexibility index (Phi) is 4.93. The number of hydrogen-bond acceptors (Lipinski definition) is 0. The Hall–Kier alpha value is -0.910. The van der Waals surface area contributed by atoms with Crippen molar-refractivity contribution in [1.29, 1.82) is 0 Å². The van der Waals surface area contributed by atoms with E-state index in [9.17, 15) is 0 Å². The Morgan fingerprint density at radius 3 is 1.74 bits per heavy atom. The van der Waals surface area contributed by atoms with E-state index in [1.165, 1.54) is 48.1 Å². The smallest absolute Gasteiger partial charge is 0.128 e. The first-order valence-corrected chi connectivity index (χ1v) is 10.3. The van der Waals surface area contributed by atoms with Crippen LogP contribution in [-0.2, 0) is 0 Å². The maximum Gasteiger partial charge on any atom is 0.128 e. The van der Waals surface area contributed by atoms with Crippen molar-refractivity contribution in [1.82, 2.24) is 0 Å². The minimum absolute atomic E-state index is 0. The number of halogens is 1. The highest BCUT2D eigenvalue weighted by molar-refractivity contribution is 5.55. The summed E-state index contributed by atoms with van der Waals surface area (Å²) in [4.78, 5) is 0. The van der Waals surface area contributed by atoms with E-state index in [0.717, 1.165) is 5.92 Å². The number of quaternary nitrogens is 2. The van der Waals surface area contributed by atoms with Gasteiger partial charge in [-0.2, -0.15) is 0 Å². The molecule has 27 heavy (non-hydrogen) atoms. The van der Waals surface area contributed by atoms with Crippen molar-refractivity contribution in [3.63, 3.8) is 0 Å². The number of fused-ring (bicyclic) bond motifs is 1. The highest BCUT2D eigenvalue weighted by atomic mass is 127. The van der Waals surface area contributed by atoms with Gasteiger partial charge in [0.15, 0.2) is 0 Å². The van der Waals surface area contributed by atoms with E-state index < -0.39 is 0 Å². The summed E-state index contributed by atoms with van der Waals surface area (Å²) in [5.74, 6) is 2.00. The lowest BCUT2D eigenvalue weighted by molar-refractivity contribution is -1.01. The van der Waals surface area contributed by atoms with Crippen molar-refractivity contribution in [3.05, 3.63) is 70.8 Å². The average Bonchev–Trinajstić information content (AvgIpc) is 2.65. The molecule has 1 fully saturated rings. The number of rotatable bonds is 2. The second-order valence-corrected chi connectivity index (χ2v) is 9.92. The van der Waals surface area contributed by atoms with Gasteiger partial charge in [0.2, 0.25) is 0 Å². The average molecular weight is 475 g/mol. The van der Waals surface area contributed by atoms with Gasteiger partial charge in [0.05, 0.1) is 27.7 Å². The van der Waals surface area contributed by atoms with E-state index in [1.807, 2.05) is 0 Å². The molecule has 0 N–H and O–H groups in total. The van der Waals surface area contributed by atoms with Crippen LogP contribution >= 0.6 is 0 Å². The van der Waals surface area contributed by atoms with Gasteiger partial charge in [-0.15, -0.1) is 0 Å². The molecule has 0 aromatic heterocycles. The second kappa shape index (κ2) is 6.85. The normalized spacial score (nSPS) is 29.4. The van der Waals surface area contributed by atoms with E-state index in [0.29, 0.717) is 11.8 Å². The third-order valence-electron chi connectivity index (χ3n) is 7.59. The van der Waals surface area contributed by atoms with Crippen LogP contribution in [0.4, 0.5) is 0 Å². The molecule has 1 unspecified atom stereocenters. The standard InChI is InChI=1S/C24H32N2.HI/c1-25(2)12-14-26(3,15-13-25)17-18-16-23-19-8-4-6-10-21(19)24(18)22-11-7-5-9-20(22)23;/h4-11,18,23-24H,12-17H2,1-3H3;1H/q+2;/p-1. The van der Waals surface area contributed by atoms with Crippen molar-refractivity contribution in [3.8, 4) is 0 Å². The Bertz CT molecular complexity index is 786. The number of hydrogen-bond donors (Lipinski definition) is 0. The van der Waals surface area contributed by atoms with Crippen LogP contribution in [-0.4, -0.2) is 62.8 Å². The number of nitrogens with zero attached hydrogens (tertiary/aromatic N) is 2. The van der Waals surface area contributed by atoms with E-state index in [-0.39, 0.29) is 24.0 Å². The van der Waals surface area contributed by atoms with Gasteiger partial charge in [-0.05, 0) is 28.7 Å². The zero-order valence-corrected chi connectivity index (χ0v) is 19.0. The zero-order chi connectivity index (χ0) is 17.9. The molecule has 2 aromatic rings. The summed E-state index contributed by atoms with van der Waals surface area (Å²) in [5, 5.41) is 0. The molecule has 144 valence electrons. The number of piperazine rings is 1. The van der Waals surface area contributed by atoms with Crippen LogP contribution in [0.5, 0.6) is 0 Å². The van der Waals surface area contributed by atoms with Crippen molar-refractivity contribution in [2.24, 2.45) is 5.92 Å². The molecule has 6 rings (SSSR count). The zero-order valence-electron chi connectivity index (χ0n) is 16.9. The Labute approximate surface area is 181 Å². The summed E-state index contributed by atoms with van der Waals surface area (Å²) in [7, 11) is 7.29. The SMILES string of the molecule is C[N+]1(C)CC[N+](C)(CC2CC3c4ccccc4C2c2ccccc23)CC1.[I-]. The lowest BCUT2D eigenvalue weighted by Crippen LogP contribution is -3.00. The predicted octanol–water partition coefficient (Wildman–Crippen LogP) is 0.824. The molecule has 0 radical (unpaired) electrons. The highest BCUT2D eigenvalue weighted by Gasteiger charge is 2.46. The molecular weight excluding hydrogens is 443 g/mol. The predicted molar refractivity (Wildman–Crippen MR) is 107 cm³/mol. The molecule has 2 bridgehead atoms. The van der Waals surface area contributed by atoms with Gasteiger partial charge in [-0.25, -0.2) is 0 Å². The van der Waals surface area contributed by atoms with Crippen LogP contribution < -0.4 is 24.0 Å². The largest absolute Gasteiger partial charge is 1.00 e. The minimum Gasteiger partial charge on any atom is -1.00 e. The molecule has 2 nitrogen and oxygen atoms in total. The quantitative estimate of drug-likeness (QED) is 0.446. The molecule has 3 heteroatoms. The minimum atomic E-state index is 0. The topological polar surface area (TPSA) is 0 Å². The summed E-state index contributed by atoms with van der Waals surface area (Å²) in [6.45, 7) is 6.60. The molecule has 4 aliphatic rings. The Morgan fingerprint density at radius 2 is 1.22 bits per heavy atom. The van der Waals surface area contributed by atoms with Crippen molar-refractivity contribution in [2.45, 2.75) is 18.3 Å². The van der Waals surface area contributed by atoms with Crippen molar-refractivity contribution < 1.29 is 32.9 Å². The fraction of sp³-hybridized carbons (Fsp3) is 0.500. The third kappa shape index (κ3) is 3.26. The van der Waals surface area contributed by atoms with Crippen LogP contribution in [0.15, 0.2) is 48.5 Å². The van der Waals surface area contributed by atoms with Gasteiger partial charge < -0.3 is 32.9 Å². The summed E-state index contributed by atoms with van der Waals surface area (Å²) in [6, 6.07) is 18.5. The van der Waals surface area contributed by atoms with Crippen LogP contribution in [0, 0.1) is 5.92 Å². The van der Waals surface area contributed by atoms with Crippen LogP contribution in [0.25, 0.3) is 0 Å². The highest BCUT2D eigenvalue weighted by Crippen LogP contribution is 2.55. The first kappa shape index (κ1) is 19.4. The van der Waals surface area contributed by atoms with Gasteiger partial charge in [0, 0.05) is 17.8 Å². The van der Waals surface area contributed by atoms with Gasteiger partial charge in [0.25, 0.3) is 0 Å². The molecular formula is C24H32IN2+. The number of likely N-dealkylation sites (N-methyl/N-ethyl adjacent to an activating group) is 2. The Morgan fingerprint density at radius 1 is 0.741 bits per heavy atom. The van der Waals surface area contributed by atoms with Gasteiger partial charge in [0.1, 0.15) is 26.2 Å². The number of benzene rings is 2. The monoisotopic (exact) mass is 475 g/mol. The molecule has 1 heterocycles. The molecule has 1 saturated heterocycles. The van der Waals surface area contributed by atoms with Crippen LogP contribution in [0.1, 0.15) is 40.5 Å². The molecule has 1 aliphatic heterocycles. The van der Waals surface area contributed by atoms with Gasteiger partial charge >= 0.3 is 0 Å². The lowest BCUT2D eigenvalue weighted by atomic mass is 9.59. The molecule has 1 atom stereocenters. The molecule has 2 aromatic carbocycles. The molecule has 3 aliphatic carbocycles. The first-order valence-electron chi connectivity index (χ1n) is 10.3. The van der Waals surface area contributed by atoms with E-state index >= 15 is 0 Å². The van der Waals surface area contributed by atoms with E-state index in [1.54, 1.807) is 22.3 Å².